The summed E-state index contributed by atoms with van der Waals surface area (Å²) in [5.74, 6) is 1.02. The summed E-state index contributed by atoms with van der Waals surface area (Å²) in [5.41, 5.74) is 11.2. The summed E-state index contributed by atoms with van der Waals surface area (Å²) in [6, 6.07) is 14.4. The van der Waals surface area contributed by atoms with Crippen LogP contribution in [0.5, 0.6) is 0 Å². The monoisotopic (exact) mass is 265 g/mol. The van der Waals surface area contributed by atoms with E-state index in [9.17, 15) is 0 Å². The minimum absolute atomic E-state index is 0.780. The molecule has 2 N–H and O–H groups in total. The van der Waals surface area contributed by atoms with Crippen LogP contribution in [-0.2, 0) is 6.54 Å². The number of aryl methyl sites for hydroxylation is 2. The van der Waals surface area contributed by atoms with Gasteiger partial charge in [0.05, 0.1) is 11.0 Å². The van der Waals surface area contributed by atoms with Crippen LogP contribution in [0, 0.1) is 6.92 Å². The number of hydrogen-bond donors (Lipinski definition) is 1. The van der Waals surface area contributed by atoms with Crippen LogP contribution in [0.25, 0.3) is 22.4 Å². The van der Waals surface area contributed by atoms with Crippen molar-refractivity contribution in [2.75, 3.05) is 5.73 Å². The first-order chi connectivity index (χ1) is 9.69. The lowest BCUT2D eigenvalue weighted by molar-refractivity contribution is 0.704. The zero-order chi connectivity index (χ0) is 14.1. The molecule has 0 spiro atoms. The molecule has 0 aliphatic carbocycles. The van der Waals surface area contributed by atoms with Gasteiger partial charge in [0.1, 0.15) is 5.82 Å². The van der Waals surface area contributed by atoms with Crippen LogP contribution >= 0.6 is 0 Å². The molecular weight excluding hydrogens is 246 g/mol. The van der Waals surface area contributed by atoms with Gasteiger partial charge in [0.25, 0.3) is 0 Å². The summed E-state index contributed by atoms with van der Waals surface area (Å²) in [6.07, 6.45) is 1.08. The van der Waals surface area contributed by atoms with Gasteiger partial charge in [-0.2, -0.15) is 0 Å². The fourth-order valence-corrected chi connectivity index (χ4v) is 2.54. The van der Waals surface area contributed by atoms with Crippen LogP contribution in [0.1, 0.15) is 18.9 Å². The van der Waals surface area contributed by atoms with Crippen LogP contribution in [0.3, 0.4) is 0 Å². The molecule has 0 aliphatic heterocycles. The van der Waals surface area contributed by atoms with Gasteiger partial charge in [-0.15, -0.1) is 0 Å². The van der Waals surface area contributed by atoms with Crippen LogP contribution in [0.4, 0.5) is 5.69 Å². The van der Waals surface area contributed by atoms with Crippen molar-refractivity contribution < 1.29 is 0 Å². The van der Waals surface area contributed by atoms with Gasteiger partial charge >= 0.3 is 0 Å². The predicted molar refractivity (Wildman–Crippen MR) is 84.6 cm³/mol. The molecule has 0 amide bonds. The van der Waals surface area contributed by atoms with E-state index in [4.69, 9.17) is 10.7 Å². The smallest absolute Gasteiger partial charge is 0.141 e. The lowest BCUT2D eigenvalue weighted by Crippen LogP contribution is -1.99. The van der Waals surface area contributed by atoms with Gasteiger partial charge in [-0.25, -0.2) is 4.98 Å². The predicted octanol–water partition coefficient (Wildman–Crippen LogP) is 4.00. The van der Waals surface area contributed by atoms with E-state index in [1.54, 1.807) is 0 Å². The fraction of sp³-hybridized carbons (Fsp3) is 0.235. The van der Waals surface area contributed by atoms with E-state index in [1.165, 1.54) is 11.1 Å². The zero-order valence-corrected chi connectivity index (χ0v) is 11.9. The normalized spacial score (nSPS) is 11.1. The largest absolute Gasteiger partial charge is 0.399 e. The third-order valence-corrected chi connectivity index (χ3v) is 3.52. The average Bonchev–Trinajstić information content (AvgIpc) is 2.78. The van der Waals surface area contributed by atoms with Crippen molar-refractivity contribution >= 4 is 16.7 Å². The molecule has 3 nitrogen and oxygen atoms in total. The van der Waals surface area contributed by atoms with Gasteiger partial charge in [0.2, 0.25) is 0 Å². The molecular formula is C17H19N3. The summed E-state index contributed by atoms with van der Waals surface area (Å²) in [6.45, 7) is 5.26. The van der Waals surface area contributed by atoms with Crippen LogP contribution < -0.4 is 5.73 Å². The highest BCUT2D eigenvalue weighted by Crippen LogP contribution is 2.26. The summed E-state index contributed by atoms with van der Waals surface area (Å²) in [5, 5.41) is 0. The van der Waals surface area contributed by atoms with E-state index in [0.29, 0.717) is 0 Å². The molecule has 0 atom stereocenters. The van der Waals surface area contributed by atoms with E-state index in [0.717, 1.165) is 35.6 Å². The summed E-state index contributed by atoms with van der Waals surface area (Å²) < 4.78 is 2.29. The Morgan fingerprint density at radius 3 is 2.55 bits per heavy atom. The highest BCUT2D eigenvalue weighted by molar-refractivity contribution is 5.81. The van der Waals surface area contributed by atoms with Crippen molar-refractivity contribution in [2.24, 2.45) is 0 Å². The van der Waals surface area contributed by atoms with Gasteiger partial charge in [-0.1, -0.05) is 13.0 Å². The Morgan fingerprint density at radius 1 is 1.10 bits per heavy atom. The molecule has 20 heavy (non-hydrogen) atoms. The number of benzene rings is 2. The Balaban J connectivity index is 2.22. The molecule has 102 valence electrons. The Bertz CT molecular complexity index is 739. The average molecular weight is 265 g/mol. The fourth-order valence-electron chi connectivity index (χ4n) is 2.54. The molecule has 0 bridgehead atoms. The van der Waals surface area contributed by atoms with Gasteiger partial charge in [-0.3, -0.25) is 0 Å². The molecule has 3 aromatic rings. The van der Waals surface area contributed by atoms with Crippen molar-refractivity contribution in [3.63, 3.8) is 0 Å². The van der Waals surface area contributed by atoms with E-state index in [2.05, 4.69) is 36.6 Å². The SMILES string of the molecule is CCCn1c(-c2ccc(N)cc2)nc2cc(C)ccc21. The first kappa shape index (κ1) is 12.7. The Morgan fingerprint density at radius 2 is 1.85 bits per heavy atom. The highest BCUT2D eigenvalue weighted by atomic mass is 15.1. The quantitative estimate of drug-likeness (QED) is 0.727. The zero-order valence-electron chi connectivity index (χ0n) is 11.9. The minimum Gasteiger partial charge on any atom is -0.399 e. The molecule has 0 saturated heterocycles. The van der Waals surface area contributed by atoms with E-state index in [1.807, 2.05) is 24.3 Å². The van der Waals surface area contributed by atoms with Gasteiger partial charge in [-0.05, 0) is 55.3 Å². The molecule has 2 aromatic carbocycles. The Labute approximate surface area is 119 Å². The van der Waals surface area contributed by atoms with Gasteiger partial charge in [0.15, 0.2) is 0 Å². The number of nitrogen functional groups attached to an aromatic ring is 1. The van der Waals surface area contributed by atoms with Gasteiger partial charge in [0, 0.05) is 17.8 Å². The van der Waals surface area contributed by atoms with E-state index in [-0.39, 0.29) is 0 Å². The molecule has 1 heterocycles. The standard InChI is InChI=1S/C17H19N3/c1-3-10-20-16-9-4-12(2)11-15(16)19-17(20)13-5-7-14(18)8-6-13/h4-9,11H,3,10,18H2,1-2H3. The molecule has 3 heteroatoms. The van der Waals surface area contributed by atoms with Gasteiger partial charge < -0.3 is 10.3 Å². The highest BCUT2D eigenvalue weighted by Gasteiger charge is 2.11. The Hall–Kier alpha value is -2.29. The van der Waals surface area contributed by atoms with Crippen molar-refractivity contribution in [3.8, 4) is 11.4 Å². The van der Waals surface area contributed by atoms with Crippen molar-refractivity contribution in [1.82, 2.24) is 9.55 Å². The number of rotatable bonds is 3. The second-order valence-electron chi connectivity index (χ2n) is 5.20. The molecule has 1 aromatic heterocycles. The lowest BCUT2D eigenvalue weighted by atomic mass is 10.2. The Kier molecular flexibility index (Phi) is 3.18. The first-order valence-electron chi connectivity index (χ1n) is 7.02. The second kappa shape index (κ2) is 5.00. The summed E-state index contributed by atoms with van der Waals surface area (Å²) in [4.78, 5) is 4.81. The molecule has 0 unspecified atom stereocenters. The first-order valence-corrected chi connectivity index (χ1v) is 7.02. The third kappa shape index (κ3) is 2.16. The molecule has 0 saturated carbocycles. The minimum atomic E-state index is 0.780. The van der Waals surface area contributed by atoms with Crippen molar-refractivity contribution in [1.29, 1.82) is 0 Å². The van der Waals surface area contributed by atoms with Crippen LogP contribution in [0.2, 0.25) is 0 Å². The number of imidazole rings is 1. The second-order valence-corrected chi connectivity index (χ2v) is 5.20. The maximum absolute atomic E-state index is 5.77. The number of anilines is 1. The van der Waals surface area contributed by atoms with Crippen molar-refractivity contribution in [2.45, 2.75) is 26.8 Å². The molecule has 0 fully saturated rings. The molecule has 3 rings (SSSR count). The topological polar surface area (TPSA) is 43.8 Å². The van der Waals surface area contributed by atoms with E-state index < -0.39 is 0 Å². The summed E-state index contributed by atoms with van der Waals surface area (Å²) in [7, 11) is 0. The molecule has 0 aliphatic rings. The lowest BCUT2D eigenvalue weighted by Gasteiger charge is -2.08. The van der Waals surface area contributed by atoms with Crippen LogP contribution in [-0.4, -0.2) is 9.55 Å². The number of nitrogens with zero attached hydrogens (tertiary/aromatic N) is 2. The van der Waals surface area contributed by atoms with E-state index >= 15 is 0 Å². The number of aromatic nitrogens is 2. The maximum atomic E-state index is 5.77. The maximum Gasteiger partial charge on any atom is 0.141 e. The number of fused-ring (bicyclic) bond motifs is 1. The summed E-state index contributed by atoms with van der Waals surface area (Å²) >= 11 is 0. The number of hydrogen-bond acceptors (Lipinski definition) is 2. The third-order valence-electron chi connectivity index (χ3n) is 3.52. The number of nitrogens with two attached hydrogens (primary N) is 1. The molecule has 0 radical (unpaired) electrons. The van der Waals surface area contributed by atoms with Crippen molar-refractivity contribution in [3.05, 3.63) is 48.0 Å². The van der Waals surface area contributed by atoms with Crippen LogP contribution in [0.15, 0.2) is 42.5 Å².